The van der Waals surface area contributed by atoms with Gasteiger partial charge in [0.25, 0.3) is 6.71 Å². The third-order valence-corrected chi connectivity index (χ3v) is 18.9. The predicted molar refractivity (Wildman–Crippen MR) is 335 cm³/mol. The molecule has 4 nitrogen and oxygen atoms in total. The summed E-state index contributed by atoms with van der Waals surface area (Å²) < 4.78 is 35.3. The number of benzene rings is 8. The van der Waals surface area contributed by atoms with Gasteiger partial charge in [0, 0.05) is 60.6 Å². The largest absolute Gasteiger partial charge is 0.456 e. The highest BCUT2D eigenvalue weighted by molar-refractivity contribution is 7.00. The van der Waals surface area contributed by atoms with Gasteiger partial charge in [-0.1, -0.05) is 170 Å². The molecule has 1 aromatic heterocycles. The van der Waals surface area contributed by atoms with Crippen molar-refractivity contribution in [1.82, 2.24) is 0 Å². The second kappa shape index (κ2) is 17.0. The van der Waals surface area contributed by atoms with E-state index in [1.807, 2.05) is 18.2 Å². The maximum absolute atomic E-state index is 9.42. The Hall–Kier alpha value is -6.98. The molecule has 3 heterocycles. The highest BCUT2D eigenvalue weighted by Crippen LogP contribution is 2.54. The smallest absolute Gasteiger partial charge is 0.252 e. The van der Waals surface area contributed by atoms with Crippen molar-refractivity contribution in [3.63, 3.8) is 0 Å². The third kappa shape index (κ3) is 7.75. The van der Waals surface area contributed by atoms with Crippen LogP contribution in [0.1, 0.15) is 166 Å². The number of para-hydroxylation sites is 2. The fraction of sp³-hybridized carbons (Fsp3) is 0.342. The number of hydrogen-bond donors (Lipinski definition) is 0. The fourth-order valence-electron chi connectivity index (χ4n) is 14.2. The molecule has 394 valence electrons. The van der Waals surface area contributed by atoms with Gasteiger partial charge in [0.2, 0.25) is 0 Å². The molecule has 5 heteroatoms. The van der Waals surface area contributed by atoms with E-state index in [-0.39, 0.29) is 39.2 Å². The SMILES string of the molecule is [2H]C([2H])([2H])c1cc2c3c(c1)N(c1ccc(C(C)(C)C)c4oc5ccccc5c14)c1cc(N(c4ccccc4)c4ccc(C(C)(C)C)cc4)ccc1B3c1cc3c(cc1N2c1ccc2c(c1)C(C)(C)CCC2(C)C)C(C)(C)CCC3(C)C. The van der Waals surface area contributed by atoms with Gasteiger partial charge in [-0.2, -0.15) is 0 Å². The van der Waals surface area contributed by atoms with Crippen molar-refractivity contribution in [2.24, 2.45) is 0 Å². The van der Waals surface area contributed by atoms with E-state index < -0.39 is 6.85 Å². The number of aryl methyl sites for hydroxylation is 1. The Bertz CT molecular complexity index is 4040. The molecule has 2 aliphatic carbocycles. The van der Waals surface area contributed by atoms with E-state index in [1.165, 1.54) is 33.3 Å². The monoisotopic (exact) mass is 1030 g/mol. The fourth-order valence-corrected chi connectivity index (χ4v) is 14.2. The molecule has 9 aromatic rings. The lowest BCUT2D eigenvalue weighted by Crippen LogP contribution is -2.62. The summed E-state index contributed by atoms with van der Waals surface area (Å²) in [6.07, 6.45) is 4.35. The molecule has 0 atom stereocenters. The van der Waals surface area contributed by atoms with Crippen LogP contribution in [0.25, 0.3) is 21.9 Å². The molecule has 4 aliphatic rings. The summed E-state index contributed by atoms with van der Waals surface area (Å²) in [7, 11) is 0. The molecular formula is C73H78BN3O. The second-order valence-corrected chi connectivity index (χ2v) is 28.1. The maximum atomic E-state index is 9.42. The van der Waals surface area contributed by atoms with E-state index >= 15 is 0 Å². The first-order chi connectivity index (χ1) is 38.0. The minimum Gasteiger partial charge on any atom is -0.456 e. The van der Waals surface area contributed by atoms with Crippen LogP contribution < -0.4 is 31.1 Å². The summed E-state index contributed by atoms with van der Waals surface area (Å²) in [5, 5.41) is 2.02. The van der Waals surface area contributed by atoms with Crippen LogP contribution in [-0.4, -0.2) is 6.71 Å². The molecule has 0 saturated carbocycles. The summed E-state index contributed by atoms with van der Waals surface area (Å²) in [5.74, 6) is 0. The quantitative estimate of drug-likeness (QED) is 0.160. The number of nitrogens with zero attached hydrogens (tertiary/aromatic N) is 3. The average Bonchev–Trinajstić information content (AvgIpc) is 3.31. The summed E-state index contributed by atoms with van der Waals surface area (Å²) >= 11 is 0. The summed E-state index contributed by atoms with van der Waals surface area (Å²) in [4.78, 5) is 7.25. The van der Waals surface area contributed by atoms with Gasteiger partial charge in [-0.05, 0) is 194 Å². The zero-order chi connectivity index (χ0) is 57.3. The number of hydrogen-bond acceptors (Lipinski definition) is 4. The van der Waals surface area contributed by atoms with E-state index in [0.29, 0.717) is 5.56 Å². The van der Waals surface area contributed by atoms with Crippen LogP contribution in [0.5, 0.6) is 0 Å². The van der Waals surface area contributed by atoms with Gasteiger partial charge >= 0.3 is 0 Å². The first kappa shape index (κ1) is 47.1. The van der Waals surface area contributed by atoms with Crippen LogP contribution in [0, 0.1) is 6.85 Å². The highest BCUT2D eigenvalue weighted by atomic mass is 16.3. The molecule has 2 aliphatic heterocycles. The molecule has 0 fully saturated rings. The topological polar surface area (TPSA) is 22.9 Å². The standard InChI is InChI=1S/C73H78BN3O/c1-45-39-62-66-63(40-45)77(59-34-32-53(69(5,6)7)67-65(59)51-23-19-20-24-64(51)78-67)60-42-50(75(47-21-17-16-18-22-47)48-27-25-46(26-28-48)68(2,3)4)30-33-57(60)74(66)58-43-55-56(73(14,15)38-37-72(55,12)13)44-61(58)76(62)49-29-31-52-54(41-49)71(10,11)36-35-70(52,8)9/h16-34,39-44H,35-38H2,1-15H3/i1D3. The van der Waals surface area contributed by atoms with Crippen molar-refractivity contribution >= 4 is 96.2 Å². The average molecular weight is 1030 g/mol. The van der Waals surface area contributed by atoms with Crippen molar-refractivity contribution in [1.29, 1.82) is 0 Å². The summed E-state index contributed by atoms with van der Waals surface area (Å²) in [6, 6.07) is 56.0. The molecule has 0 saturated heterocycles. The molecule has 8 aromatic carbocycles. The van der Waals surface area contributed by atoms with Crippen LogP contribution >= 0.6 is 0 Å². The molecule has 0 bridgehead atoms. The van der Waals surface area contributed by atoms with Crippen molar-refractivity contribution in [3.8, 4) is 0 Å². The van der Waals surface area contributed by atoms with Crippen LogP contribution in [-0.2, 0) is 32.5 Å². The minimum atomic E-state index is -2.44. The minimum absolute atomic E-state index is 0.0170. The Labute approximate surface area is 469 Å². The van der Waals surface area contributed by atoms with Crippen LogP contribution in [0.4, 0.5) is 51.2 Å². The lowest BCUT2D eigenvalue weighted by atomic mass is 9.33. The first-order valence-corrected chi connectivity index (χ1v) is 28.7. The molecule has 0 N–H and O–H groups in total. The Kier molecular flexibility index (Phi) is 10.3. The van der Waals surface area contributed by atoms with E-state index in [1.54, 1.807) is 0 Å². The third-order valence-electron chi connectivity index (χ3n) is 18.9. The van der Waals surface area contributed by atoms with Gasteiger partial charge in [0.1, 0.15) is 11.2 Å². The van der Waals surface area contributed by atoms with E-state index in [2.05, 4.69) is 245 Å². The van der Waals surface area contributed by atoms with Gasteiger partial charge < -0.3 is 19.1 Å². The van der Waals surface area contributed by atoms with Crippen LogP contribution in [0.2, 0.25) is 0 Å². The Morgan fingerprint density at radius 1 is 0.487 bits per heavy atom. The lowest BCUT2D eigenvalue weighted by molar-refractivity contribution is 0.332. The lowest BCUT2D eigenvalue weighted by Gasteiger charge is -2.48. The van der Waals surface area contributed by atoms with Crippen molar-refractivity contribution in [2.45, 2.75) is 162 Å². The molecule has 0 radical (unpaired) electrons. The van der Waals surface area contributed by atoms with E-state index in [9.17, 15) is 4.11 Å². The summed E-state index contributed by atoms with van der Waals surface area (Å²) in [6.45, 7) is 30.1. The predicted octanol–water partition coefficient (Wildman–Crippen LogP) is 18.7. The zero-order valence-corrected chi connectivity index (χ0v) is 48.6. The molecular weight excluding hydrogens is 946 g/mol. The van der Waals surface area contributed by atoms with Gasteiger partial charge in [0.15, 0.2) is 0 Å². The number of furan rings is 1. The Balaban J connectivity index is 1.18. The van der Waals surface area contributed by atoms with Gasteiger partial charge in [0.05, 0.1) is 11.1 Å². The first-order valence-electron chi connectivity index (χ1n) is 30.2. The Morgan fingerprint density at radius 3 is 1.72 bits per heavy atom. The van der Waals surface area contributed by atoms with Gasteiger partial charge in [-0.3, -0.25) is 0 Å². The van der Waals surface area contributed by atoms with Crippen LogP contribution in [0.3, 0.4) is 0 Å². The molecule has 13 rings (SSSR count). The van der Waals surface area contributed by atoms with Crippen molar-refractivity contribution in [2.75, 3.05) is 14.7 Å². The van der Waals surface area contributed by atoms with Gasteiger partial charge in [-0.15, -0.1) is 0 Å². The zero-order valence-electron chi connectivity index (χ0n) is 51.6. The van der Waals surface area contributed by atoms with E-state index in [0.717, 1.165) is 115 Å². The normalized spacial score (nSPS) is 18.3. The second-order valence-electron chi connectivity index (χ2n) is 28.1. The van der Waals surface area contributed by atoms with Crippen LogP contribution in [0.15, 0.2) is 156 Å². The Morgan fingerprint density at radius 2 is 1.06 bits per heavy atom. The molecule has 0 spiro atoms. The maximum Gasteiger partial charge on any atom is 0.252 e. The van der Waals surface area contributed by atoms with Crippen molar-refractivity contribution in [3.05, 3.63) is 191 Å². The molecule has 0 unspecified atom stereocenters. The number of anilines is 9. The molecule has 78 heavy (non-hydrogen) atoms. The van der Waals surface area contributed by atoms with E-state index in [4.69, 9.17) is 4.42 Å². The number of fused-ring (bicyclic) bond motifs is 9. The molecule has 0 amide bonds. The number of rotatable bonds is 5. The summed E-state index contributed by atoms with van der Waals surface area (Å²) in [5.41, 5.74) is 21.9. The highest BCUT2D eigenvalue weighted by Gasteiger charge is 2.48. The van der Waals surface area contributed by atoms with Crippen molar-refractivity contribution < 1.29 is 8.53 Å². The van der Waals surface area contributed by atoms with Gasteiger partial charge in [-0.25, -0.2) is 0 Å².